The molecule has 0 aliphatic rings. The van der Waals surface area contributed by atoms with Crippen molar-refractivity contribution in [3.8, 4) is 5.75 Å². The number of carbonyl (C=O) groups is 1. The van der Waals surface area contributed by atoms with Crippen molar-refractivity contribution in [2.24, 2.45) is 0 Å². The van der Waals surface area contributed by atoms with Gasteiger partial charge in [0, 0.05) is 10.9 Å². The molecule has 8 heteroatoms. The Hall–Kier alpha value is -3.68. The molecule has 2 heterocycles. The van der Waals surface area contributed by atoms with Crippen molar-refractivity contribution in [2.75, 3.05) is 7.11 Å². The molecule has 0 spiro atoms. The third-order valence-corrected chi connectivity index (χ3v) is 4.28. The van der Waals surface area contributed by atoms with Crippen molar-refractivity contribution in [1.29, 1.82) is 0 Å². The first-order valence-electron chi connectivity index (χ1n) is 8.15. The molecule has 27 heavy (non-hydrogen) atoms. The fourth-order valence-electron chi connectivity index (χ4n) is 2.81. The number of hydrogen-bond acceptors (Lipinski definition) is 7. The van der Waals surface area contributed by atoms with Gasteiger partial charge in [0.2, 0.25) is 5.76 Å². The highest BCUT2D eigenvalue weighted by Gasteiger charge is 2.20. The van der Waals surface area contributed by atoms with E-state index in [9.17, 15) is 9.59 Å². The van der Waals surface area contributed by atoms with E-state index < -0.39 is 5.97 Å². The van der Waals surface area contributed by atoms with Crippen LogP contribution in [0.5, 0.6) is 5.75 Å². The maximum atomic E-state index is 12.4. The number of rotatable bonds is 4. The molecule has 0 aliphatic heterocycles. The summed E-state index contributed by atoms with van der Waals surface area (Å²) in [5, 5.41) is 8.89. The van der Waals surface area contributed by atoms with E-state index in [1.54, 1.807) is 56.5 Å². The summed E-state index contributed by atoms with van der Waals surface area (Å²) in [5.41, 5.74) is 1.26. The Morgan fingerprint density at radius 3 is 2.81 bits per heavy atom. The number of aromatic nitrogens is 3. The normalized spacial score (nSPS) is 11.0. The van der Waals surface area contributed by atoms with Gasteiger partial charge in [-0.15, -0.1) is 5.10 Å². The second kappa shape index (κ2) is 6.56. The fraction of sp³-hybridized carbons (Fsp3) is 0.158. The highest BCUT2D eigenvalue weighted by atomic mass is 16.6. The maximum absolute atomic E-state index is 12.4. The van der Waals surface area contributed by atoms with Gasteiger partial charge < -0.3 is 13.9 Å². The summed E-state index contributed by atoms with van der Waals surface area (Å²) < 4.78 is 17.0. The standard InChI is InChI=1S/C19H15N3O5/c1-11-14-9-12(25-2)7-8-16(14)27-17(11)19(24)26-10-22-18(23)13-5-3-4-6-15(13)20-21-22/h3-9H,10H2,1-2H3. The number of nitrogens with zero attached hydrogens (tertiary/aromatic N) is 3. The molecule has 136 valence electrons. The molecule has 4 rings (SSSR count). The van der Waals surface area contributed by atoms with Gasteiger partial charge >= 0.3 is 5.97 Å². The summed E-state index contributed by atoms with van der Waals surface area (Å²) in [4.78, 5) is 24.8. The third kappa shape index (κ3) is 2.91. The Morgan fingerprint density at radius 2 is 2.00 bits per heavy atom. The fourth-order valence-corrected chi connectivity index (χ4v) is 2.81. The Labute approximate surface area is 152 Å². The van der Waals surface area contributed by atoms with E-state index in [-0.39, 0.29) is 18.1 Å². The quantitative estimate of drug-likeness (QED) is 0.513. The molecule has 0 saturated carbocycles. The van der Waals surface area contributed by atoms with Gasteiger partial charge in [0.15, 0.2) is 6.73 Å². The van der Waals surface area contributed by atoms with E-state index in [4.69, 9.17) is 13.9 Å². The summed E-state index contributed by atoms with van der Waals surface area (Å²) in [6.07, 6.45) is 0. The van der Waals surface area contributed by atoms with Crippen molar-refractivity contribution in [3.63, 3.8) is 0 Å². The van der Waals surface area contributed by atoms with Crippen LogP contribution in [0.1, 0.15) is 16.1 Å². The zero-order chi connectivity index (χ0) is 19.0. The smallest absolute Gasteiger partial charge is 0.376 e. The molecule has 2 aromatic carbocycles. The highest BCUT2D eigenvalue weighted by molar-refractivity contribution is 5.96. The van der Waals surface area contributed by atoms with Crippen LogP contribution >= 0.6 is 0 Å². The minimum absolute atomic E-state index is 0.0695. The Morgan fingerprint density at radius 1 is 1.19 bits per heavy atom. The van der Waals surface area contributed by atoms with Crippen molar-refractivity contribution in [2.45, 2.75) is 13.7 Å². The van der Waals surface area contributed by atoms with Crippen molar-refractivity contribution in [1.82, 2.24) is 15.0 Å². The molecule has 0 aliphatic carbocycles. The largest absolute Gasteiger partial charge is 0.497 e. The number of esters is 1. The number of ether oxygens (including phenoxy) is 2. The van der Waals surface area contributed by atoms with E-state index in [1.165, 1.54) is 0 Å². The zero-order valence-electron chi connectivity index (χ0n) is 14.6. The van der Waals surface area contributed by atoms with Crippen LogP contribution in [-0.2, 0) is 11.5 Å². The van der Waals surface area contributed by atoms with E-state index in [0.29, 0.717) is 27.8 Å². The summed E-state index contributed by atoms with van der Waals surface area (Å²) >= 11 is 0. The predicted octanol–water partition coefficient (Wildman–Crippen LogP) is 2.67. The molecule has 0 atom stereocenters. The molecule has 0 amide bonds. The van der Waals surface area contributed by atoms with E-state index in [1.807, 2.05) is 0 Å². The van der Waals surface area contributed by atoms with Gasteiger partial charge in [-0.3, -0.25) is 4.79 Å². The molecular formula is C19H15N3O5. The van der Waals surface area contributed by atoms with Gasteiger partial charge in [0.1, 0.15) is 16.8 Å². The lowest BCUT2D eigenvalue weighted by Gasteiger charge is -2.05. The summed E-state index contributed by atoms with van der Waals surface area (Å²) in [6, 6.07) is 12.1. The average Bonchev–Trinajstić information content (AvgIpc) is 3.03. The van der Waals surface area contributed by atoms with Crippen molar-refractivity contribution < 1.29 is 18.7 Å². The van der Waals surface area contributed by atoms with Gasteiger partial charge in [0.25, 0.3) is 5.56 Å². The molecule has 0 saturated heterocycles. The number of methoxy groups -OCH3 is 1. The molecule has 0 unspecified atom stereocenters. The molecule has 0 bridgehead atoms. The predicted molar refractivity (Wildman–Crippen MR) is 96.7 cm³/mol. The number of benzene rings is 2. The SMILES string of the molecule is COc1ccc2oc(C(=O)OCn3nnc4ccccc4c3=O)c(C)c2c1. The van der Waals surface area contributed by atoms with Gasteiger partial charge in [-0.25, -0.2) is 4.79 Å². The summed E-state index contributed by atoms with van der Waals surface area (Å²) in [5.74, 6) is 0.0360. The summed E-state index contributed by atoms with van der Waals surface area (Å²) in [6.45, 7) is 1.39. The second-order valence-electron chi connectivity index (χ2n) is 5.89. The Bertz CT molecular complexity index is 1230. The number of aryl methyl sites for hydroxylation is 1. The van der Waals surface area contributed by atoms with Gasteiger partial charge in [0.05, 0.1) is 12.5 Å². The molecule has 0 fully saturated rings. The van der Waals surface area contributed by atoms with Crippen LogP contribution in [0.2, 0.25) is 0 Å². The average molecular weight is 365 g/mol. The van der Waals surface area contributed by atoms with E-state index >= 15 is 0 Å². The van der Waals surface area contributed by atoms with Crippen molar-refractivity contribution in [3.05, 3.63) is 64.1 Å². The van der Waals surface area contributed by atoms with E-state index in [0.717, 1.165) is 10.1 Å². The molecule has 0 radical (unpaired) electrons. The zero-order valence-corrected chi connectivity index (χ0v) is 14.6. The van der Waals surface area contributed by atoms with Crippen LogP contribution in [0.3, 0.4) is 0 Å². The molecular weight excluding hydrogens is 350 g/mol. The topological polar surface area (TPSA) is 96.5 Å². The van der Waals surface area contributed by atoms with Gasteiger partial charge in [-0.1, -0.05) is 17.3 Å². The maximum Gasteiger partial charge on any atom is 0.376 e. The lowest BCUT2D eigenvalue weighted by Crippen LogP contribution is -2.26. The van der Waals surface area contributed by atoms with Crippen LogP contribution in [0.4, 0.5) is 0 Å². The third-order valence-electron chi connectivity index (χ3n) is 4.28. The molecule has 2 aromatic heterocycles. The lowest BCUT2D eigenvalue weighted by molar-refractivity contribution is 0.0301. The minimum atomic E-state index is -0.690. The lowest BCUT2D eigenvalue weighted by atomic mass is 10.1. The van der Waals surface area contributed by atoms with Crippen LogP contribution in [0.15, 0.2) is 51.7 Å². The first-order valence-corrected chi connectivity index (χ1v) is 8.15. The van der Waals surface area contributed by atoms with Gasteiger partial charge in [-0.2, -0.15) is 4.68 Å². The first kappa shape index (κ1) is 16.8. The van der Waals surface area contributed by atoms with Crippen LogP contribution in [0.25, 0.3) is 21.9 Å². The second-order valence-corrected chi connectivity index (χ2v) is 5.89. The first-order chi connectivity index (χ1) is 13.1. The van der Waals surface area contributed by atoms with E-state index in [2.05, 4.69) is 10.3 Å². The van der Waals surface area contributed by atoms with Crippen molar-refractivity contribution >= 4 is 27.8 Å². The monoisotopic (exact) mass is 365 g/mol. The molecule has 8 nitrogen and oxygen atoms in total. The number of furan rings is 1. The number of carbonyl (C=O) groups excluding carboxylic acids is 1. The molecule has 0 N–H and O–H groups in total. The highest BCUT2D eigenvalue weighted by Crippen LogP contribution is 2.29. The molecule has 4 aromatic rings. The number of hydrogen-bond donors (Lipinski definition) is 0. The van der Waals surface area contributed by atoms with Crippen LogP contribution in [0, 0.1) is 6.92 Å². The number of fused-ring (bicyclic) bond motifs is 2. The Kier molecular flexibility index (Phi) is 4.08. The van der Waals surface area contributed by atoms with Gasteiger partial charge in [-0.05, 0) is 37.3 Å². The Balaban J connectivity index is 1.60. The minimum Gasteiger partial charge on any atom is -0.497 e. The van der Waals surface area contributed by atoms with Crippen LogP contribution in [-0.4, -0.2) is 28.1 Å². The van der Waals surface area contributed by atoms with Crippen LogP contribution < -0.4 is 10.3 Å². The summed E-state index contributed by atoms with van der Waals surface area (Å²) in [7, 11) is 1.56.